The van der Waals surface area contributed by atoms with Gasteiger partial charge in [0.05, 0.1) is 6.42 Å². The van der Waals surface area contributed by atoms with Gasteiger partial charge in [0.1, 0.15) is 0 Å². The molecule has 0 radical (unpaired) electrons. The van der Waals surface area contributed by atoms with Gasteiger partial charge in [-0.15, -0.1) is 0 Å². The van der Waals surface area contributed by atoms with Gasteiger partial charge in [-0.3, -0.25) is 4.79 Å². The summed E-state index contributed by atoms with van der Waals surface area (Å²) in [5, 5.41) is 0. The molecule has 1 aliphatic heterocycles. The second-order valence-electron chi connectivity index (χ2n) is 4.24. The number of hydrogen-bond donors (Lipinski definition) is 0. The van der Waals surface area contributed by atoms with Crippen molar-refractivity contribution < 1.29 is 4.79 Å². The molecule has 0 N–H and O–H groups in total. The second kappa shape index (κ2) is 5.48. The minimum atomic E-state index is 0.266. The highest BCUT2D eigenvalue weighted by Gasteiger charge is 2.16. The molecule has 0 saturated carbocycles. The highest BCUT2D eigenvalue weighted by Crippen LogP contribution is 2.14. The normalized spacial score (nSPS) is 16.2. The third kappa shape index (κ3) is 3.08. The van der Waals surface area contributed by atoms with Crippen LogP contribution in [0.25, 0.3) is 0 Å². The Morgan fingerprint density at radius 2 is 1.75 bits per heavy atom. The number of piperidine rings is 1. The predicted molar refractivity (Wildman–Crippen MR) is 68.3 cm³/mol. The van der Waals surface area contributed by atoms with E-state index in [1.165, 1.54) is 6.42 Å². The number of rotatable bonds is 2. The van der Waals surface area contributed by atoms with Crippen LogP contribution >= 0.6 is 15.9 Å². The van der Waals surface area contributed by atoms with Gasteiger partial charge in [0, 0.05) is 17.6 Å². The molecule has 0 aromatic heterocycles. The van der Waals surface area contributed by atoms with Crippen molar-refractivity contribution in [1.82, 2.24) is 4.90 Å². The largest absolute Gasteiger partial charge is 0.342 e. The smallest absolute Gasteiger partial charge is 0.226 e. The molecule has 1 fully saturated rings. The van der Waals surface area contributed by atoms with Gasteiger partial charge in [0.25, 0.3) is 0 Å². The van der Waals surface area contributed by atoms with Gasteiger partial charge < -0.3 is 4.90 Å². The summed E-state index contributed by atoms with van der Waals surface area (Å²) in [6, 6.07) is 7.98. The number of likely N-dealkylation sites (tertiary alicyclic amines) is 1. The number of halogens is 1. The van der Waals surface area contributed by atoms with Crippen LogP contribution in [0.5, 0.6) is 0 Å². The highest BCUT2D eigenvalue weighted by molar-refractivity contribution is 9.10. The van der Waals surface area contributed by atoms with Gasteiger partial charge in [0.15, 0.2) is 0 Å². The van der Waals surface area contributed by atoms with E-state index in [0.717, 1.165) is 36.0 Å². The van der Waals surface area contributed by atoms with Crippen LogP contribution in [0.3, 0.4) is 0 Å². The van der Waals surface area contributed by atoms with Crippen LogP contribution in [-0.2, 0) is 11.2 Å². The molecule has 1 saturated heterocycles. The Morgan fingerprint density at radius 3 is 2.38 bits per heavy atom. The molecule has 0 unspecified atom stereocenters. The molecule has 1 aliphatic rings. The zero-order valence-electron chi connectivity index (χ0n) is 9.29. The van der Waals surface area contributed by atoms with Gasteiger partial charge in [-0.05, 0) is 37.0 Å². The van der Waals surface area contributed by atoms with Crippen LogP contribution in [0.2, 0.25) is 0 Å². The Bertz CT molecular complexity index is 355. The number of carbonyl (C=O) groups is 1. The average Bonchev–Trinajstić information content (AvgIpc) is 2.33. The lowest BCUT2D eigenvalue weighted by molar-refractivity contribution is -0.131. The lowest BCUT2D eigenvalue weighted by atomic mass is 10.1. The molecule has 3 heteroatoms. The lowest BCUT2D eigenvalue weighted by Crippen LogP contribution is -2.36. The van der Waals surface area contributed by atoms with Gasteiger partial charge in [0.2, 0.25) is 5.91 Å². The van der Waals surface area contributed by atoms with E-state index in [2.05, 4.69) is 15.9 Å². The molecule has 2 rings (SSSR count). The fraction of sp³-hybridized carbons (Fsp3) is 0.462. The van der Waals surface area contributed by atoms with Crippen molar-refractivity contribution in [2.45, 2.75) is 25.7 Å². The predicted octanol–water partition coefficient (Wildman–Crippen LogP) is 3.00. The molecule has 86 valence electrons. The van der Waals surface area contributed by atoms with Crippen LogP contribution in [0.4, 0.5) is 0 Å². The highest BCUT2D eigenvalue weighted by atomic mass is 79.9. The lowest BCUT2D eigenvalue weighted by Gasteiger charge is -2.26. The molecule has 1 aromatic carbocycles. The number of amides is 1. The van der Waals surface area contributed by atoms with Crippen LogP contribution in [0.1, 0.15) is 24.8 Å². The van der Waals surface area contributed by atoms with E-state index in [0.29, 0.717) is 6.42 Å². The van der Waals surface area contributed by atoms with Crippen LogP contribution in [0, 0.1) is 0 Å². The quantitative estimate of drug-likeness (QED) is 0.816. The summed E-state index contributed by atoms with van der Waals surface area (Å²) in [6.07, 6.45) is 4.12. The molecule has 1 aromatic rings. The first-order chi connectivity index (χ1) is 7.75. The van der Waals surface area contributed by atoms with E-state index in [-0.39, 0.29) is 5.91 Å². The topological polar surface area (TPSA) is 20.3 Å². The Hall–Kier alpha value is -0.830. The van der Waals surface area contributed by atoms with E-state index < -0.39 is 0 Å². The van der Waals surface area contributed by atoms with Crippen molar-refractivity contribution in [2.24, 2.45) is 0 Å². The minimum Gasteiger partial charge on any atom is -0.342 e. The van der Waals surface area contributed by atoms with Gasteiger partial charge in [-0.1, -0.05) is 28.1 Å². The van der Waals surface area contributed by atoms with E-state index in [9.17, 15) is 4.79 Å². The fourth-order valence-corrected chi connectivity index (χ4v) is 2.30. The van der Waals surface area contributed by atoms with Crippen LogP contribution < -0.4 is 0 Å². The Morgan fingerprint density at radius 1 is 1.12 bits per heavy atom. The molecule has 16 heavy (non-hydrogen) atoms. The third-order valence-electron chi connectivity index (χ3n) is 2.98. The van der Waals surface area contributed by atoms with Crippen LogP contribution in [-0.4, -0.2) is 23.9 Å². The van der Waals surface area contributed by atoms with Crippen molar-refractivity contribution >= 4 is 21.8 Å². The Kier molecular flexibility index (Phi) is 3.99. The number of benzene rings is 1. The van der Waals surface area contributed by atoms with Crippen molar-refractivity contribution in [3.63, 3.8) is 0 Å². The summed E-state index contributed by atoms with van der Waals surface area (Å²) in [7, 11) is 0. The number of hydrogen-bond acceptors (Lipinski definition) is 1. The maximum atomic E-state index is 12.0. The number of nitrogens with zero attached hydrogens (tertiary/aromatic N) is 1. The summed E-state index contributed by atoms with van der Waals surface area (Å²) in [4.78, 5) is 14.0. The molecule has 1 amide bonds. The van der Waals surface area contributed by atoms with Crippen molar-refractivity contribution in [3.05, 3.63) is 34.3 Å². The summed E-state index contributed by atoms with van der Waals surface area (Å²) >= 11 is 3.39. The number of carbonyl (C=O) groups excluding carboxylic acids is 1. The van der Waals surface area contributed by atoms with Gasteiger partial charge in [-0.25, -0.2) is 0 Å². The first-order valence-corrected chi connectivity index (χ1v) is 6.57. The van der Waals surface area contributed by atoms with Gasteiger partial charge >= 0.3 is 0 Å². The molecular formula is C13H16BrNO. The molecule has 0 bridgehead atoms. The summed E-state index contributed by atoms with van der Waals surface area (Å²) < 4.78 is 1.06. The third-order valence-corrected chi connectivity index (χ3v) is 3.51. The summed E-state index contributed by atoms with van der Waals surface area (Å²) in [5.74, 6) is 0.266. The second-order valence-corrected chi connectivity index (χ2v) is 5.16. The Balaban J connectivity index is 1.93. The first-order valence-electron chi connectivity index (χ1n) is 5.78. The maximum absolute atomic E-state index is 12.0. The molecule has 0 aliphatic carbocycles. The van der Waals surface area contributed by atoms with Crippen LogP contribution in [0.15, 0.2) is 28.7 Å². The van der Waals surface area contributed by atoms with E-state index in [1.807, 2.05) is 29.2 Å². The standard InChI is InChI=1S/C13H16BrNO/c14-12-6-4-11(5-7-12)10-13(16)15-8-2-1-3-9-15/h4-7H,1-3,8-10H2. The molecule has 0 spiro atoms. The van der Waals surface area contributed by atoms with E-state index in [1.54, 1.807) is 0 Å². The average molecular weight is 282 g/mol. The molecule has 2 nitrogen and oxygen atoms in total. The zero-order chi connectivity index (χ0) is 11.4. The van der Waals surface area contributed by atoms with Crippen molar-refractivity contribution in [3.8, 4) is 0 Å². The van der Waals surface area contributed by atoms with E-state index in [4.69, 9.17) is 0 Å². The summed E-state index contributed by atoms with van der Waals surface area (Å²) in [6.45, 7) is 1.88. The zero-order valence-corrected chi connectivity index (χ0v) is 10.9. The first kappa shape index (κ1) is 11.6. The van der Waals surface area contributed by atoms with Gasteiger partial charge in [-0.2, -0.15) is 0 Å². The van der Waals surface area contributed by atoms with Crippen molar-refractivity contribution in [1.29, 1.82) is 0 Å². The fourth-order valence-electron chi connectivity index (χ4n) is 2.03. The molecule has 1 heterocycles. The molecule has 0 atom stereocenters. The Labute approximate surface area is 105 Å². The summed E-state index contributed by atoms with van der Waals surface area (Å²) in [5.41, 5.74) is 1.10. The van der Waals surface area contributed by atoms with Crippen molar-refractivity contribution in [2.75, 3.05) is 13.1 Å². The molecular weight excluding hydrogens is 266 g/mol. The minimum absolute atomic E-state index is 0.266. The monoisotopic (exact) mass is 281 g/mol. The van der Waals surface area contributed by atoms with E-state index >= 15 is 0 Å². The SMILES string of the molecule is O=C(Cc1ccc(Br)cc1)N1CCCCC1. The maximum Gasteiger partial charge on any atom is 0.226 e.